The van der Waals surface area contributed by atoms with Crippen LogP contribution in [0.1, 0.15) is 27.3 Å². The summed E-state index contributed by atoms with van der Waals surface area (Å²) in [7, 11) is 1.79. The van der Waals surface area contributed by atoms with Crippen LogP contribution in [0.5, 0.6) is 0 Å². The highest BCUT2D eigenvalue weighted by Crippen LogP contribution is 2.18. The fourth-order valence-corrected chi connectivity index (χ4v) is 2.01. The predicted molar refractivity (Wildman–Crippen MR) is 80.2 cm³/mol. The fourth-order valence-electron chi connectivity index (χ4n) is 2.01. The smallest absolute Gasteiger partial charge is 0.260 e. The maximum Gasteiger partial charge on any atom is 0.260 e. The van der Waals surface area contributed by atoms with E-state index in [2.05, 4.69) is 20.6 Å². The van der Waals surface area contributed by atoms with Crippen LogP contribution >= 0.6 is 0 Å². The van der Waals surface area contributed by atoms with E-state index in [1.165, 1.54) is 0 Å². The number of aromatic nitrogens is 2. The Labute approximate surface area is 118 Å². The number of hydrogen-bond acceptors (Lipinski definition) is 4. The highest BCUT2D eigenvalue weighted by molar-refractivity contribution is 6.07. The largest absolute Gasteiger partial charge is 0.387 e. The third kappa shape index (κ3) is 3.12. The van der Waals surface area contributed by atoms with Crippen molar-refractivity contribution >= 4 is 17.5 Å². The maximum atomic E-state index is 12.3. The molecule has 1 aromatic carbocycles. The summed E-state index contributed by atoms with van der Waals surface area (Å²) in [6.45, 7) is 5.72. The van der Waals surface area contributed by atoms with E-state index in [9.17, 15) is 4.79 Å². The van der Waals surface area contributed by atoms with Gasteiger partial charge in [-0.2, -0.15) is 0 Å². The van der Waals surface area contributed by atoms with Gasteiger partial charge in [-0.25, -0.2) is 9.97 Å². The van der Waals surface area contributed by atoms with Crippen LogP contribution in [0.25, 0.3) is 0 Å². The zero-order valence-electron chi connectivity index (χ0n) is 12.1. The first-order valence-electron chi connectivity index (χ1n) is 6.41. The van der Waals surface area contributed by atoms with Gasteiger partial charge < -0.3 is 5.32 Å². The summed E-state index contributed by atoms with van der Waals surface area (Å²) >= 11 is 0. The van der Waals surface area contributed by atoms with E-state index in [-0.39, 0.29) is 5.91 Å². The van der Waals surface area contributed by atoms with E-state index in [0.717, 1.165) is 22.6 Å². The van der Waals surface area contributed by atoms with Crippen molar-refractivity contribution in [2.24, 2.45) is 0 Å². The van der Waals surface area contributed by atoms with Gasteiger partial charge in [-0.15, -0.1) is 0 Å². The first-order valence-corrected chi connectivity index (χ1v) is 6.41. The normalized spacial score (nSPS) is 10.2. The molecule has 0 fully saturated rings. The van der Waals surface area contributed by atoms with Crippen LogP contribution in [0, 0.1) is 20.8 Å². The Morgan fingerprint density at radius 2 is 1.70 bits per heavy atom. The molecule has 0 saturated carbocycles. The number of amides is 1. The van der Waals surface area contributed by atoms with Crippen LogP contribution in [0.3, 0.4) is 0 Å². The van der Waals surface area contributed by atoms with E-state index in [4.69, 9.17) is 0 Å². The lowest BCUT2D eigenvalue weighted by atomic mass is 10.1. The topological polar surface area (TPSA) is 66.9 Å². The minimum Gasteiger partial charge on any atom is -0.387 e. The van der Waals surface area contributed by atoms with Gasteiger partial charge in [0, 0.05) is 24.1 Å². The molecule has 5 nitrogen and oxygen atoms in total. The Hall–Kier alpha value is -2.43. The third-order valence-corrected chi connectivity index (χ3v) is 2.90. The quantitative estimate of drug-likeness (QED) is 0.900. The molecule has 2 aromatic rings. The summed E-state index contributed by atoms with van der Waals surface area (Å²) in [4.78, 5) is 20.7. The number of aryl methyl sites for hydroxylation is 3. The van der Waals surface area contributed by atoms with Crippen molar-refractivity contribution < 1.29 is 4.79 Å². The molecule has 2 rings (SSSR count). The van der Waals surface area contributed by atoms with Crippen molar-refractivity contribution in [2.45, 2.75) is 20.8 Å². The molecule has 0 radical (unpaired) electrons. The molecular weight excluding hydrogens is 252 g/mol. The lowest BCUT2D eigenvalue weighted by Crippen LogP contribution is -2.16. The molecule has 5 heteroatoms. The first-order chi connectivity index (χ1) is 9.49. The van der Waals surface area contributed by atoms with E-state index < -0.39 is 0 Å². The van der Waals surface area contributed by atoms with E-state index in [1.807, 2.05) is 39.0 Å². The van der Waals surface area contributed by atoms with Gasteiger partial charge in [-0.1, -0.05) is 6.07 Å². The van der Waals surface area contributed by atoms with Crippen molar-refractivity contribution in [3.05, 3.63) is 46.8 Å². The molecular formula is C15H18N4O. The van der Waals surface area contributed by atoms with Gasteiger partial charge in [0.1, 0.15) is 0 Å². The van der Waals surface area contributed by atoms with Crippen LogP contribution in [0.15, 0.2) is 24.3 Å². The summed E-state index contributed by atoms with van der Waals surface area (Å²) in [5, 5.41) is 5.76. The molecule has 0 saturated heterocycles. The zero-order valence-corrected chi connectivity index (χ0v) is 12.1. The van der Waals surface area contributed by atoms with Gasteiger partial charge in [-0.05, 0) is 44.5 Å². The summed E-state index contributed by atoms with van der Waals surface area (Å²) < 4.78 is 0. The summed E-state index contributed by atoms with van der Waals surface area (Å²) in [5.74, 6) is 0.106. The van der Waals surface area contributed by atoms with Crippen molar-refractivity contribution in [3.8, 4) is 0 Å². The van der Waals surface area contributed by atoms with Gasteiger partial charge >= 0.3 is 0 Å². The molecule has 20 heavy (non-hydrogen) atoms. The van der Waals surface area contributed by atoms with Gasteiger partial charge in [0.25, 0.3) is 5.91 Å². The molecule has 0 unspecified atom stereocenters. The SMILES string of the molecule is CNc1cc(C)ccc1C(=O)Nc1nc(C)cc(C)n1. The molecule has 0 spiro atoms. The molecule has 0 atom stereocenters. The highest BCUT2D eigenvalue weighted by Gasteiger charge is 2.12. The van der Waals surface area contributed by atoms with Gasteiger partial charge in [0.15, 0.2) is 0 Å². The number of rotatable bonds is 3. The Balaban J connectivity index is 2.28. The second-order valence-electron chi connectivity index (χ2n) is 4.73. The first kappa shape index (κ1) is 14.0. The second kappa shape index (κ2) is 5.69. The molecule has 0 aliphatic rings. The molecule has 0 bridgehead atoms. The number of nitrogens with one attached hydrogen (secondary N) is 2. The van der Waals surface area contributed by atoms with Crippen LogP contribution in [0.4, 0.5) is 11.6 Å². The lowest BCUT2D eigenvalue weighted by molar-refractivity contribution is 0.102. The molecule has 104 valence electrons. The van der Waals surface area contributed by atoms with E-state index >= 15 is 0 Å². The Morgan fingerprint density at radius 3 is 2.30 bits per heavy atom. The number of anilines is 2. The van der Waals surface area contributed by atoms with Crippen molar-refractivity contribution in [3.63, 3.8) is 0 Å². The minimum absolute atomic E-state index is 0.223. The fraction of sp³-hybridized carbons (Fsp3) is 0.267. The standard InChI is InChI=1S/C15H18N4O/c1-9-5-6-12(13(7-9)16-4)14(20)19-15-17-10(2)8-11(3)18-15/h5-8,16H,1-4H3,(H,17,18,19,20). The summed E-state index contributed by atoms with van der Waals surface area (Å²) in [5.41, 5.74) is 4.09. The monoisotopic (exact) mass is 270 g/mol. The van der Waals surface area contributed by atoms with Crippen LogP contribution in [-0.4, -0.2) is 22.9 Å². The van der Waals surface area contributed by atoms with E-state index in [1.54, 1.807) is 13.1 Å². The zero-order chi connectivity index (χ0) is 14.7. The van der Waals surface area contributed by atoms with Crippen LogP contribution in [0.2, 0.25) is 0 Å². The average molecular weight is 270 g/mol. The third-order valence-electron chi connectivity index (χ3n) is 2.90. The maximum absolute atomic E-state index is 12.3. The Morgan fingerprint density at radius 1 is 1.05 bits per heavy atom. The van der Waals surface area contributed by atoms with Crippen LogP contribution < -0.4 is 10.6 Å². The lowest BCUT2D eigenvalue weighted by Gasteiger charge is -2.10. The van der Waals surface area contributed by atoms with E-state index in [0.29, 0.717) is 11.5 Å². The molecule has 1 aromatic heterocycles. The van der Waals surface area contributed by atoms with Crippen LogP contribution in [-0.2, 0) is 0 Å². The molecule has 0 aliphatic heterocycles. The average Bonchev–Trinajstić information content (AvgIpc) is 2.37. The number of carbonyl (C=O) groups excluding carboxylic acids is 1. The molecule has 1 heterocycles. The second-order valence-corrected chi connectivity index (χ2v) is 4.73. The number of carbonyl (C=O) groups is 1. The Kier molecular flexibility index (Phi) is 3.98. The number of benzene rings is 1. The van der Waals surface area contributed by atoms with Crippen molar-refractivity contribution in [2.75, 3.05) is 17.7 Å². The van der Waals surface area contributed by atoms with Gasteiger partial charge in [0.2, 0.25) is 5.95 Å². The van der Waals surface area contributed by atoms with Gasteiger partial charge in [-0.3, -0.25) is 10.1 Å². The Bertz CT molecular complexity index is 632. The highest BCUT2D eigenvalue weighted by atomic mass is 16.1. The molecule has 2 N–H and O–H groups in total. The summed E-state index contributed by atoms with van der Waals surface area (Å²) in [6, 6.07) is 7.48. The number of hydrogen-bond donors (Lipinski definition) is 2. The van der Waals surface area contributed by atoms with Crippen molar-refractivity contribution in [1.29, 1.82) is 0 Å². The summed E-state index contributed by atoms with van der Waals surface area (Å²) in [6.07, 6.45) is 0. The molecule has 0 aliphatic carbocycles. The molecule has 1 amide bonds. The van der Waals surface area contributed by atoms with Crippen molar-refractivity contribution in [1.82, 2.24) is 9.97 Å². The predicted octanol–water partition coefficient (Wildman–Crippen LogP) is 2.70. The van der Waals surface area contributed by atoms with Gasteiger partial charge in [0.05, 0.1) is 5.56 Å². The minimum atomic E-state index is -0.223. The number of nitrogens with zero attached hydrogens (tertiary/aromatic N) is 2.